The van der Waals surface area contributed by atoms with Crippen LogP contribution in [0.15, 0.2) is 66.9 Å². The van der Waals surface area contributed by atoms with Gasteiger partial charge in [-0.05, 0) is 57.0 Å². The molecule has 0 atom stereocenters. The van der Waals surface area contributed by atoms with Crippen LogP contribution in [0, 0.1) is 0 Å². The number of rotatable bonds is 7. The zero-order chi connectivity index (χ0) is 20.1. The van der Waals surface area contributed by atoms with Gasteiger partial charge in [0.15, 0.2) is 12.4 Å². The molecule has 0 aliphatic carbocycles. The van der Waals surface area contributed by atoms with Crippen LogP contribution < -0.4 is 4.74 Å². The number of ether oxygens (including phenoxy) is 1. The molecule has 0 radical (unpaired) electrons. The van der Waals surface area contributed by atoms with E-state index in [-0.39, 0.29) is 24.7 Å². The minimum atomic E-state index is -0.0593. The molecule has 146 valence electrons. The predicted molar refractivity (Wildman–Crippen MR) is 111 cm³/mol. The van der Waals surface area contributed by atoms with Crippen LogP contribution in [0.3, 0.4) is 0 Å². The van der Waals surface area contributed by atoms with Crippen molar-refractivity contribution >= 4 is 5.91 Å². The number of carbonyl (C=O) groups is 1. The highest BCUT2D eigenvalue weighted by Crippen LogP contribution is 2.22. The van der Waals surface area contributed by atoms with Gasteiger partial charge in [-0.3, -0.25) is 4.79 Å². The average molecular weight is 377 g/mol. The quantitative estimate of drug-likeness (QED) is 0.592. The number of hydrogen-bond donors (Lipinski definition) is 0. The average Bonchev–Trinajstić information content (AvgIpc) is 3.16. The molecule has 1 aromatic heterocycles. The van der Waals surface area contributed by atoms with Gasteiger partial charge in [-0.2, -0.15) is 5.10 Å². The zero-order valence-electron chi connectivity index (χ0n) is 16.9. The van der Waals surface area contributed by atoms with E-state index in [1.165, 1.54) is 5.56 Å². The molecule has 5 nitrogen and oxygen atoms in total. The van der Waals surface area contributed by atoms with Gasteiger partial charge in [-0.25, -0.2) is 4.68 Å². The molecular formula is C23H27N3O2. The van der Waals surface area contributed by atoms with Crippen LogP contribution in [-0.2, 0) is 6.73 Å². The van der Waals surface area contributed by atoms with Gasteiger partial charge in [0.1, 0.15) is 5.75 Å². The summed E-state index contributed by atoms with van der Waals surface area (Å²) in [5, 5.41) is 4.38. The first-order valence-corrected chi connectivity index (χ1v) is 9.60. The van der Waals surface area contributed by atoms with Gasteiger partial charge in [0.05, 0.1) is 0 Å². The second kappa shape index (κ2) is 8.74. The maximum atomic E-state index is 12.7. The van der Waals surface area contributed by atoms with Crippen molar-refractivity contribution in [1.82, 2.24) is 14.7 Å². The van der Waals surface area contributed by atoms with Crippen LogP contribution >= 0.6 is 0 Å². The first kappa shape index (κ1) is 19.7. The minimum Gasteiger partial charge on any atom is -0.471 e. The highest BCUT2D eigenvalue weighted by atomic mass is 16.5. The fraction of sp³-hybridized carbons (Fsp3) is 0.304. The second-order valence-corrected chi connectivity index (χ2v) is 7.30. The molecule has 0 fully saturated rings. The Kier molecular flexibility index (Phi) is 6.14. The normalized spacial score (nSPS) is 11.1. The van der Waals surface area contributed by atoms with E-state index in [1.807, 2.05) is 75.1 Å². The minimum absolute atomic E-state index is 0.0593. The van der Waals surface area contributed by atoms with Crippen molar-refractivity contribution < 1.29 is 9.53 Å². The van der Waals surface area contributed by atoms with Crippen molar-refractivity contribution in [3.63, 3.8) is 0 Å². The van der Waals surface area contributed by atoms with E-state index in [4.69, 9.17) is 4.74 Å². The Bertz CT molecular complexity index is 891. The number of benzene rings is 2. The third-order valence-corrected chi connectivity index (χ3v) is 4.53. The molecule has 28 heavy (non-hydrogen) atoms. The van der Waals surface area contributed by atoms with Crippen molar-refractivity contribution in [2.45, 2.75) is 46.5 Å². The van der Waals surface area contributed by atoms with E-state index in [0.717, 1.165) is 11.3 Å². The van der Waals surface area contributed by atoms with E-state index >= 15 is 0 Å². The summed E-state index contributed by atoms with van der Waals surface area (Å²) in [6.07, 6.45) is 1.77. The molecule has 0 aliphatic heterocycles. The van der Waals surface area contributed by atoms with Gasteiger partial charge in [0.2, 0.25) is 0 Å². The molecule has 0 aliphatic rings. The van der Waals surface area contributed by atoms with Gasteiger partial charge in [0, 0.05) is 18.3 Å². The summed E-state index contributed by atoms with van der Waals surface area (Å²) in [6.45, 7) is 8.30. The molecule has 0 spiro atoms. The van der Waals surface area contributed by atoms with Gasteiger partial charge in [-0.1, -0.05) is 42.5 Å². The number of nitrogens with zero attached hydrogens (tertiary/aromatic N) is 3. The summed E-state index contributed by atoms with van der Waals surface area (Å²) in [6, 6.07) is 20.1. The third kappa shape index (κ3) is 4.60. The summed E-state index contributed by atoms with van der Waals surface area (Å²) in [5.74, 6) is 0.699. The number of aromatic nitrogens is 2. The molecule has 3 rings (SSSR count). The van der Waals surface area contributed by atoms with E-state index in [9.17, 15) is 4.79 Å². The number of amides is 1. The molecule has 5 heteroatoms. The molecule has 0 unspecified atom stereocenters. The molecule has 1 amide bonds. The molecule has 0 saturated heterocycles. The van der Waals surface area contributed by atoms with Gasteiger partial charge in [-0.15, -0.1) is 0 Å². The fourth-order valence-electron chi connectivity index (χ4n) is 3.26. The van der Waals surface area contributed by atoms with Crippen LogP contribution in [0.25, 0.3) is 11.1 Å². The molecule has 1 heterocycles. The highest BCUT2D eigenvalue weighted by molar-refractivity contribution is 5.92. The summed E-state index contributed by atoms with van der Waals surface area (Å²) in [5.41, 5.74) is 2.75. The summed E-state index contributed by atoms with van der Waals surface area (Å²) < 4.78 is 7.44. The molecule has 0 N–H and O–H groups in total. The van der Waals surface area contributed by atoms with Crippen LogP contribution in [-0.4, -0.2) is 32.7 Å². The van der Waals surface area contributed by atoms with E-state index < -0.39 is 0 Å². The first-order chi connectivity index (χ1) is 13.5. The fourth-order valence-corrected chi connectivity index (χ4v) is 3.26. The monoisotopic (exact) mass is 377 g/mol. The predicted octanol–water partition coefficient (Wildman–Crippen LogP) is 4.85. The SMILES string of the molecule is CC(C)N(C(=O)c1ccn(COc2ccc(-c3ccccc3)cc2)n1)C(C)C. The van der Waals surface area contributed by atoms with Crippen molar-refractivity contribution in [1.29, 1.82) is 0 Å². The third-order valence-electron chi connectivity index (χ3n) is 4.53. The Balaban J connectivity index is 1.62. The molecule has 0 bridgehead atoms. The lowest BCUT2D eigenvalue weighted by atomic mass is 10.1. The van der Waals surface area contributed by atoms with Crippen molar-refractivity contribution in [3.05, 3.63) is 72.6 Å². The van der Waals surface area contributed by atoms with E-state index in [0.29, 0.717) is 5.69 Å². The Labute approximate surface area is 166 Å². The first-order valence-electron chi connectivity index (χ1n) is 9.60. The largest absolute Gasteiger partial charge is 0.471 e. The van der Waals surface area contributed by atoms with Crippen LogP contribution in [0.5, 0.6) is 5.75 Å². The van der Waals surface area contributed by atoms with Crippen LogP contribution in [0.2, 0.25) is 0 Å². The maximum Gasteiger partial charge on any atom is 0.274 e. The Hall–Kier alpha value is -3.08. The van der Waals surface area contributed by atoms with Crippen molar-refractivity contribution in [2.24, 2.45) is 0 Å². The standard InChI is InChI=1S/C23H27N3O2/c1-17(2)26(18(3)4)23(27)22-14-15-25(24-22)16-28-21-12-10-20(11-13-21)19-8-6-5-7-9-19/h5-15,17-18H,16H2,1-4H3. The van der Waals surface area contributed by atoms with Crippen LogP contribution in [0.1, 0.15) is 38.2 Å². The molecule has 0 saturated carbocycles. The molecule has 2 aromatic carbocycles. The lowest BCUT2D eigenvalue weighted by molar-refractivity contribution is 0.0635. The Morgan fingerprint density at radius 2 is 1.54 bits per heavy atom. The summed E-state index contributed by atoms with van der Waals surface area (Å²) in [4.78, 5) is 14.5. The van der Waals surface area contributed by atoms with E-state index in [2.05, 4.69) is 17.2 Å². The maximum absolute atomic E-state index is 12.7. The summed E-state index contributed by atoms with van der Waals surface area (Å²) >= 11 is 0. The molecular weight excluding hydrogens is 350 g/mol. The van der Waals surface area contributed by atoms with Gasteiger partial charge in [0.25, 0.3) is 5.91 Å². The Morgan fingerprint density at radius 3 is 2.14 bits per heavy atom. The Morgan fingerprint density at radius 1 is 0.929 bits per heavy atom. The smallest absolute Gasteiger partial charge is 0.274 e. The highest BCUT2D eigenvalue weighted by Gasteiger charge is 2.23. The molecule has 3 aromatic rings. The number of carbonyl (C=O) groups excluding carboxylic acids is 1. The van der Waals surface area contributed by atoms with E-state index in [1.54, 1.807) is 16.9 Å². The lowest BCUT2D eigenvalue weighted by Gasteiger charge is -2.30. The second-order valence-electron chi connectivity index (χ2n) is 7.30. The lowest BCUT2D eigenvalue weighted by Crippen LogP contribution is -2.42. The summed E-state index contributed by atoms with van der Waals surface area (Å²) in [7, 11) is 0. The zero-order valence-corrected chi connectivity index (χ0v) is 16.9. The van der Waals surface area contributed by atoms with Crippen molar-refractivity contribution in [3.8, 4) is 16.9 Å². The van der Waals surface area contributed by atoms with Gasteiger partial charge >= 0.3 is 0 Å². The van der Waals surface area contributed by atoms with Crippen molar-refractivity contribution in [2.75, 3.05) is 0 Å². The number of hydrogen-bond acceptors (Lipinski definition) is 3. The van der Waals surface area contributed by atoms with Crippen LogP contribution in [0.4, 0.5) is 0 Å². The topological polar surface area (TPSA) is 47.4 Å². The van der Waals surface area contributed by atoms with Gasteiger partial charge < -0.3 is 9.64 Å².